The van der Waals surface area contributed by atoms with Crippen LogP contribution in [0.1, 0.15) is 6.92 Å². The van der Waals surface area contributed by atoms with E-state index in [4.69, 9.17) is 9.47 Å². The van der Waals surface area contributed by atoms with E-state index in [-0.39, 0.29) is 29.4 Å². The fourth-order valence-electron chi connectivity index (χ4n) is 2.78. The second-order valence-corrected chi connectivity index (χ2v) is 6.82. The predicted octanol–water partition coefficient (Wildman–Crippen LogP) is 3.78. The number of nitro groups is 2. The van der Waals surface area contributed by atoms with E-state index in [1.165, 1.54) is 36.2 Å². The number of rotatable bonds is 9. The van der Waals surface area contributed by atoms with Crippen LogP contribution in [0.3, 0.4) is 0 Å². The summed E-state index contributed by atoms with van der Waals surface area (Å²) in [5.74, 6) is 0.145. The molecule has 166 valence electrons. The van der Waals surface area contributed by atoms with E-state index in [9.17, 15) is 25.0 Å². The molecule has 2 aromatic carbocycles. The zero-order valence-electron chi connectivity index (χ0n) is 17.1. The average Bonchev–Trinajstić information content (AvgIpc) is 3.23. The van der Waals surface area contributed by atoms with Gasteiger partial charge in [-0.15, -0.1) is 0 Å². The van der Waals surface area contributed by atoms with Crippen LogP contribution in [-0.4, -0.2) is 32.6 Å². The number of nitrogens with zero attached hydrogens (tertiary/aromatic N) is 4. The standard InChI is InChI=1S/C20H19N5O7/c1-13(11-23-12-16(10-21-23)25(29)30)20(26)22-14-7-15(24(27)28)9-19(8-14)32-18-5-3-17(31-2)4-6-18/h3-10,12-13H,11H2,1-2H3,(H,22,26). The SMILES string of the molecule is COc1ccc(Oc2cc(NC(=O)C(C)Cn3cc([N+](=O)[O-])cn3)cc([N+](=O)[O-])c2)cc1. The molecule has 1 atom stereocenters. The molecule has 1 heterocycles. The van der Waals surface area contributed by atoms with Crippen molar-refractivity contribution in [1.29, 1.82) is 0 Å². The Labute approximate surface area is 181 Å². The van der Waals surface area contributed by atoms with Gasteiger partial charge in [0.25, 0.3) is 5.69 Å². The first kappa shape index (κ1) is 22.2. The molecule has 0 saturated carbocycles. The maximum Gasteiger partial charge on any atom is 0.306 e. The van der Waals surface area contributed by atoms with Gasteiger partial charge >= 0.3 is 5.69 Å². The summed E-state index contributed by atoms with van der Waals surface area (Å²) < 4.78 is 12.0. The highest BCUT2D eigenvalue weighted by Gasteiger charge is 2.19. The van der Waals surface area contributed by atoms with Crippen molar-refractivity contribution in [2.24, 2.45) is 5.92 Å². The fraction of sp³-hybridized carbons (Fsp3) is 0.200. The van der Waals surface area contributed by atoms with E-state index in [1.54, 1.807) is 31.2 Å². The highest BCUT2D eigenvalue weighted by atomic mass is 16.6. The van der Waals surface area contributed by atoms with E-state index in [0.717, 1.165) is 6.20 Å². The van der Waals surface area contributed by atoms with Crippen LogP contribution >= 0.6 is 0 Å². The summed E-state index contributed by atoms with van der Waals surface area (Å²) in [4.78, 5) is 33.5. The smallest absolute Gasteiger partial charge is 0.306 e. The number of carbonyl (C=O) groups is 1. The lowest BCUT2D eigenvalue weighted by molar-refractivity contribution is -0.385. The summed E-state index contributed by atoms with van der Waals surface area (Å²) in [6.07, 6.45) is 2.31. The van der Waals surface area contributed by atoms with Gasteiger partial charge in [-0.2, -0.15) is 5.10 Å². The number of nitro benzene ring substituents is 1. The first-order valence-electron chi connectivity index (χ1n) is 9.34. The molecule has 1 amide bonds. The Bertz CT molecular complexity index is 1140. The molecule has 3 rings (SSSR count). The summed E-state index contributed by atoms with van der Waals surface area (Å²) in [7, 11) is 1.53. The van der Waals surface area contributed by atoms with Gasteiger partial charge in [-0.05, 0) is 24.3 Å². The molecule has 12 heteroatoms. The Balaban J connectivity index is 1.74. The van der Waals surface area contributed by atoms with Crippen molar-refractivity contribution in [1.82, 2.24) is 9.78 Å². The highest BCUT2D eigenvalue weighted by molar-refractivity contribution is 5.92. The van der Waals surface area contributed by atoms with Crippen molar-refractivity contribution < 1.29 is 24.1 Å². The minimum Gasteiger partial charge on any atom is -0.497 e. The van der Waals surface area contributed by atoms with Gasteiger partial charge in [-0.1, -0.05) is 6.92 Å². The molecular weight excluding hydrogens is 422 g/mol. The first-order valence-corrected chi connectivity index (χ1v) is 9.34. The van der Waals surface area contributed by atoms with E-state index in [1.807, 2.05) is 0 Å². The number of methoxy groups -OCH3 is 1. The molecule has 32 heavy (non-hydrogen) atoms. The first-order chi connectivity index (χ1) is 15.2. The monoisotopic (exact) mass is 441 g/mol. The molecule has 12 nitrogen and oxygen atoms in total. The van der Waals surface area contributed by atoms with Crippen LogP contribution in [0.2, 0.25) is 0 Å². The largest absolute Gasteiger partial charge is 0.497 e. The number of hydrogen-bond donors (Lipinski definition) is 1. The zero-order valence-corrected chi connectivity index (χ0v) is 17.1. The van der Waals surface area contributed by atoms with Crippen molar-refractivity contribution in [2.75, 3.05) is 12.4 Å². The molecule has 0 fully saturated rings. The lowest BCUT2D eigenvalue weighted by atomic mass is 10.1. The molecule has 0 aliphatic rings. The van der Waals surface area contributed by atoms with Crippen LogP contribution in [-0.2, 0) is 11.3 Å². The molecule has 0 saturated heterocycles. The molecule has 0 aliphatic heterocycles. The summed E-state index contributed by atoms with van der Waals surface area (Å²) >= 11 is 0. The number of carbonyl (C=O) groups excluding carboxylic acids is 1. The molecule has 0 bridgehead atoms. The zero-order chi connectivity index (χ0) is 23.3. The van der Waals surface area contributed by atoms with E-state index in [0.29, 0.717) is 11.5 Å². The average molecular weight is 441 g/mol. The number of ether oxygens (including phenoxy) is 2. The van der Waals surface area contributed by atoms with Crippen molar-refractivity contribution in [3.63, 3.8) is 0 Å². The maximum atomic E-state index is 12.6. The van der Waals surface area contributed by atoms with Crippen molar-refractivity contribution in [2.45, 2.75) is 13.5 Å². The number of nitrogens with one attached hydrogen (secondary N) is 1. The summed E-state index contributed by atoms with van der Waals surface area (Å²) in [5.41, 5.74) is -0.274. The topological polar surface area (TPSA) is 152 Å². The van der Waals surface area contributed by atoms with Crippen molar-refractivity contribution >= 4 is 23.0 Å². The van der Waals surface area contributed by atoms with Gasteiger partial charge in [0.15, 0.2) is 0 Å². The van der Waals surface area contributed by atoms with Crippen LogP contribution in [0.25, 0.3) is 0 Å². The van der Waals surface area contributed by atoms with Crippen LogP contribution in [0, 0.1) is 26.1 Å². The van der Waals surface area contributed by atoms with Gasteiger partial charge in [-0.25, -0.2) is 0 Å². The number of hydrogen-bond acceptors (Lipinski definition) is 8. The second-order valence-electron chi connectivity index (χ2n) is 6.82. The van der Waals surface area contributed by atoms with E-state index >= 15 is 0 Å². The van der Waals surface area contributed by atoms with Crippen molar-refractivity contribution in [3.8, 4) is 17.2 Å². The van der Waals surface area contributed by atoms with Gasteiger partial charge in [0.1, 0.15) is 29.6 Å². The summed E-state index contributed by atoms with van der Waals surface area (Å²) in [5, 5.41) is 28.5. The molecular formula is C20H19N5O7. The number of aromatic nitrogens is 2. The van der Waals surface area contributed by atoms with E-state index < -0.39 is 21.7 Å². The van der Waals surface area contributed by atoms with Gasteiger partial charge in [0.2, 0.25) is 5.91 Å². The quantitative estimate of drug-likeness (QED) is 0.389. The lowest BCUT2D eigenvalue weighted by Gasteiger charge is -2.13. The minimum atomic E-state index is -0.625. The highest BCUT2D eigenvalue weighted by Crippen LogP contribution is 2.30. The third-order valence-corrected chi connectivity index (χ3v) is 4.40. The molecule has 3 aromatic rings. The normalized spacial score (nSPS) is 11.4. The van der Waals surface area contributed by atoms with Crippen LogP contribution in [0.15, 0.2) is 54.9 Å². The molecule has 1 unspecified atom stereocenters. The summed E-state index contributed by atoms with van der Waals surface area (Å²) in [6, 6.07) is 10.5. The molecule has 0 radical (unpaired) electrons. The Morgan fingerprint density at radius 1 is 1.06 bits per heavy atom. The van der Waals surface area contributed by atoms with Gasteiger partial charge < -0.3 is 14.8 Å². The van der Waals surface area contributed by atoms with Crippen molar-refractivity contribution in [3.05, 3.63) is 75.1 Å². The number of anilines is 1. The Morgan fingerprint density at radius 3 is 2.31 bits per heavy atom. The van der Waals surface area contributed by atoms with Crippen LogP contribution < -0.4 is 14.8 Å². The van der Waals surface area contributed by atoms with Gasteiger partial charge in [0, 0.05) is 12.1 Å². The number of benzene rings is 2. The molecule has 0 aliphatic carbocycles. The fourth-order valence-corrected chi connectivity index (χ4v) is 2.78. The van der Waals surface area contributed by atoms with Crippen LogP contribution in [0.5, 0.6) is 17.2 Å². The Hall–Kier alpha value is -4.48. The second kappa shape index (κ2) is 9.55. The maximum absolute atomic E-state index is 12.6. The lowest BCUT2D eigenvalue weighted by Crippen LogP contribution is -2.24. The van der Waals surface area contributed by atoms with Gasteiger partial charge in [0.05, 0.1) is 41.2 Å². The van der Waals surface area contributed by atoms with Crippen LogP contribution in [0.4, 0.5) is 17.1 Å². The number of amides is 1. The Morgan fingerprint density at radius 2 is 1.72 bits per heavy atom. The predicted molar refractivity (Wildman–Crippen MR) is 113 cm³/mol. The molecule has 0 spiro atoms. The minimum absolute atomic E-state index is 0.0871. The molecule has 1 aromatic heterocycles. The Kier molecular flexibility index (Phi) is 6.63. The summed E-state index contributed by atoms with van der Waals surface area (Å²) in [6.45, 7) is 1.69. The number of non-ortho nitro benzene ring substituents is 1. The third kappa shape index (κ3) is 5.56. The molecule has 1 N–H and O–H groups in total. The third-order valence-electron chi connectivity index (χ3n) is 4.40. The van der Waals surface area contributed by atoms with E-state index in [2.05, 4.69) is 10.4 Å². The van der Waals surface area contributed by atoms with Gasteiger partial charge in [-0.3, -0.25) is 29.7 Å².